The first kappa shape index (κ1) is 17.9. The minimum atomic E-state index is -0.297. The van der Waals surface area contributed by atoms with Crippen molar-refractivity contribution in [2.75, 3.05) is 31.1 Å². The summed E-state index contributed by atoms with van der Waals surface area (Å²) in [5.74, 6) is 0.787. The molecule has 2 aromatic carbocycles. The molecule has 0 bridgehead atoms. The molecule has 0 spiro atoms. The second-order valence-corrected chi connectivity index (χ2v) is 7.22. The van der Waals surface area contributed by atoms with Crippen molar-refractivity contribution in [3.63, 3.8) is 0 Å². The second-order valence-electron chi connectivity index (χ2n) is 7.22. The molecular weight excluding hydrogens is 340 g/mol. The minimum absolute atomic E-state index is 0.184. The normalized spacial score (nSPS) is 17.1. The van der Waals surface area contributed by atoms with Crippen molar-refractivity contribution < 1.29 is 14.3 Å². The molecule has 1 N–H and O–H groups in total. The molecule has 0 radical (unpaired) electrons. The highest BCUT2D eigenvalue weighted by molar-refractivity contribution is 5.90. The number of carbonyl (C=O) groups excluding carboxylic acids is 1. The standard InChI is InChI=1S/C22H26N2O3/c1-16(13-17-5-3-2-4-6-17)27-22(25)24-11-12-26-21-15-19-8-10-23-9-7-18(19)14-20(21)24/h2-6,14-16,23H,7-13H2,1H3. The van der Waals surface area contributed by atoms with Crippen LogP contribution in [0.1, 0.15) is 23.6 Å². The van der Waals surface area contributed by atoms with E-state index in [2.05, 4.69) is 29.6 Å². The topological polar surface area (TPSA) is 50.8 Å². The van der Waals surface area contributed by atoms with Crippen molar-refractivity contribution in [1.82, 2.24) is 5.32 Å². The lowest BCUT2D eigenvalue weighted by Crippen LogP contribution is -2.40. The molecule has 2 aliphatic heterocycles. The lowest BCUT2D eigenvalue weighted by molar-refractivity contribution is 0.111. The Morgan fingerprint density at radius 2 is 1.93 bits per heavy atom. The van der Waals surface area contributed by atoms with E-state index in [0.717, 1.165) is 42.9 Å². The number of benzene rings is 2. The van der Waals surface area contributed by atoms with Crippen molar-refractivity contribution in [3.8, 4) is 5.75 Å². The van der Waals surface area contributed by atoms with Gasteiger partial charge in [-0.05, 0) is 61.7 Å². The first-order valence-electron chi connectivity index (χ1n) is 9.72. The summed E-state index contributed by atoms with van der Waals surface area (Å²) in [5.41, 5.74) is 4.60. The Hall–Kier alpha value is -2.53. The summed E-state index contributed by atoms with van der Waals surface area (Å²) >= 11 is 0. The summed E-state index contributed by atoms with van der Waals surface area (Å²) in [6.45, 7) is 4.89. The molecule has 0 saturated heterocycles. The monoisotopic (exact) mass is 366 g/mol. The Balaban J connectivity index is 1.50. The van der Waals surface area contributed by atoms with E-state index >= 15 is 0 Å². The van der Waals surface area contributed by atoms with Gasteiger partial charge in [-0.1, -0.05) is 30.3 Å². The zero-order valence-corrected chi connectivity index (χ0v) is 15.7. The molecule has 1 atom stereocenters. The van der Waals surface area contributed by atoms with Gasteiger partial charge in [-0.3, -0.25) is 4.90 Å². The number of rotatable bonds is 3. The van der Waals surface area contributed by atoms with Crippen LogP contribution >= 0.6 is 0 Å². The van der Waals surface area contributed by atoms with Gasteiger partial charge in [0.25, 0.3) is 0 Å². The quantitative estimate of drug-likeness (QED) is 0.905. The molecule has 1 unspecified atom stereocenters. The van der Waals surface area contributed by atoms with Crippen molar-refractivity contribution in [2.24, 2.45) is 0 Å². The molecule has 5 heteroatoms. The van der Waals surface area contributed by atoms with Gasteiger partial charge < -0.3 is 14.8 Å². The number of nitrogens with zero attached hydrogens (tertiary/aromatic N) is 1. The average molecular weight is 366 g/mol. The van der Waals surface area contributed by atoms with Gasteiger partial charge in [0.15, 0.2) is 0 Å². The van der Waals surface area contributed by atoms with Gasteiger partial charge in [0.2, 0.25) is 0 Å². The molecule has 0 fully saturated rings. The minimum Gasteiger partial charge on any atom is -0.490 e. The van der Waals surface area contributed by atoms with Crippen LogP contribution < -0.4 is 15.0 Å². The summed E-state index contributed by atoms with van der Waals surface area (Å²) in [4.78, 5) is 14.6. The number of anilines is 1. The van der Waals surface area contributed by atoms with Crippen molar-refractivity contribution in [1.29, 1.82) is 0 Å². The van der Waals surface area contributed by atoms with E-state index in [1.807, 2.05) is 25.1 Å². The zero-order chi connectivity index (χ0) is 18.6. The molecular formula is C22H26N2O3. The predicted molar refractivity (Wildman–Crippen MR) is 106 cm³/mol. The fourth-order valence-electron chi connectivity index (χ4n) is 3.80. The van der Waals surface area contributed by atoms with Crippen molar-refractivity contribution >= 4 is 11.8 Å². The van der Waals surface area contributed by atoms with Gasteiger partial charge in [-0.25, -0.2) is 4.79 Å². The van der Waals surface area contributed by atoms with E-state index in [0.29, 0.717) is 19.6 Å². The van der Waals surface area contributed by atoms with Crippen LogP contribution in [0.2, 0.25) is 0 Å². The molecule has 0 aromatic heterocycles. The average Bonchev–Trinajstić information content (AvgIpc) is 2.91. The molecule has 142 valence electrons. The number of nitrogens with one attached hydrogen (secondary N) is 1. The lowest BCUT2D eigenvalue weighted by Gasteiger charge is -2.31. The predicted octanol–water partition coefficient (Wildman–Crippen LogP) is 3.34. The van der Waals surface area contributed by atoms with Gasteiger partial charge in [-0.2, -0.15) is 0 Å². The third-order valence-electron chi connectivity index (χ3n) is 5.18. The van der Waals surface area contributed by atoms with E-state index in [-0.39, 0.29) is 12.2 Å². The van der Waals surface area contributed by atoms with Gasteiger partial charge in [0.1, 0.15) is 18.5 Å². The summed E-state index contributed by atoms with van der Waals surface area (Å²) in [6, 6.07) is 14.3. The number of ether oxygens (including phenoxy) is 2. The Labute approximate surface area is 160 Å². The van der Waals surface area contributed by atoms with Gasteiger partial charge >= 0.3 is 6.09 Å². The summed E-state index contributed by atoms with van der Waals surface area (Å²) in [6.07, 6.45) is 2.19. The first-order chi connectivity index (χ1) is 13.2. The lowest BCUT2D eigenvalue weighted by atomic mass is 10.0. The molecule has 2 aromatic rings. The molecule has 5 nitrogen and oxygen atoms in total. The smallest absolute Gasteiger partial charge is 0.414 e. The van der Waals surface area contributed by atoms with E-state index in [9.17, 15) is 4.79 Å². The zero-order valence-electron chi connectivity index (χ0n) is 15.7. The highest BCUT2D eigenvalue weighted by Crippen LogP contribution is 2.36. The second kappa shape index (κ2) is 8.01. The van der Waals surface area contributed by atoms with Crippen LogP contribution in [0, 0.1) is 0 Å². The maximum Gasteiger partial charge on any atom is 0.414 e. The van der Waals surface area contributed by atoms with Gasteiger partial charge in [0, 0.05) is 6.42 Å². The van der Waals surface area contributed by atoms with E-state index < -0.39 is 0 Å². The molecule has 2 heterocycles. The van der Waals surface area contributed by atoms with E-state index in [1.54, 1.807) is 4.90 Å². The number of fused-ring (bicyclic) bond motifs is 2. The number of hydrogen-bond donors (Lipinski definition) is 1. The largest absolute Gasteiger partial charge is 0.490 e. The molecule has 1 amide bonds. The fourth-order valence-corrected chi connectivity index (χ4v) is 3.80. The van der Waals surface area contributed by atoms with Crippen molar-refractivity contribution in [2.45, 2.75) is 32.3 Å². The highest BCUT2D eigenvalue weighted by atomic mass is 16.6. The van der Waals surface area contributed by atoms with Crippen LogP contribution in [0.5, 0.6) is 5.75 Å². The van der Waals surface area contributed by atoms with Crippen molar-refractivity contribution in [3.05, 3.63) is 59.2 Å². The SMILES string of the molecule is CC(Cc1ccccc1)OC(=O)N1CCOc2cc3c(cc21)CCNCC3. The number of amides is 1. The highest BCUT2D eigenvalue weighted by Gasteiger charge is 2.28. The Morgan fingerprint density at radius 3 is 2.70 bits per heavy atom. The molecule has 27 heavy (non-hydrogen) atoms. The molecule has 0 saturated carbocycles. The van der Waals surface area contributed by atoms with Crippen LogP contribution in [0.3, 0.4) is 0 Å². The van der Waals surface area contributed by atoms with Crippen LogP contribution in [0.4, 0.5) is 10.5 Å². The maximum absolute atomic E-state index is 12.8. The number of carbonyl (C=O) groups is 1. The van der Waals surface area contributed by atoms with E-state index in [1.165, 1.54) is 11.1 Å². The van der Waals surface area contributed by atoms with Crippen LogP contribution in [-0.4, -0.2) is 38.4 Å². The Bertz CT molecular complexity index is 807. The number of hydrogen-bond acceptors (Lipinski definition) is 4. The molecule has 4 rings (SSSR count). The van der Waals surface area contributed by atoms with Gasteiger partial charge in [0.05, 0.1) is 12.2 Å². The van der Waals surface area contributed by atoms with Crippen LogP contribution in [0.25, 0.3) is 0 Å². The summed E-state index contributed by atoms with van der Waals surface area (Å²) in [7, 11) is 0. The van der Waals surface area contributed by atoms with E-state index in [4.69, 9.17) is 9.47 Å². The van der Waals surface area contributed by atoms with Crippen LogP contribution in [-0.2, 0) is 24.0 Å². The summed E-state index contributed by atoms with van der Waals surface area (Å²) < 4.78 is 11.6. The Kier molecular flexibility index (Phi) is 5.30. The third-order valence-corrected chi connectivity index (χ3v) is 5.18. The molecule has 0 aliphatic carbocycles. The molecule has 2 aliphatic rings. The third kappa shape index (κ3) is 4.08. The van der Waals surface area contributed by atoms with Gasteiger partial charge in [-0.15, -0.1) is 0 Å². The first-order valence-corrected chi connectivity index (χ1v) is 9.72. The fraction of sp³-hybridized carbons (Fsp3) is 0.409. The van der Waals surface area contributed by atoms with Crippen LogP contribution in [0.15, 0.2) is 42.5 Å². The Morgan fingerprint density at radius 1 is 1.19 bits per heavy atom. The maximum atomic E-state index is 12.8. The summed E-state index contributed by atoms with van der Waals surface area (Å²) in [5, 5.41) is 3.42.